The van der Waals surface area contributed by atoms with Gasteiger partial charge in [0.2, 0.25) is 0 Å². The molecule has 90 valence electrons. The van der Waals surface area contributed by atoms with E-state index in [1.54, 1.807) is 0 Å². The molecule has 0 aliphatic heterocycles. The van der Waals surface area contributed by atoms with Crippen LogP contribution in [-0.2, 0) is 0 Å². The van der Waals surface area contributed by atoms with Gasteiger partial charge in [-0.15, -0.1) is 0 Å². The van der Waals surface area contributed by atoms with Crippen LogP contribution in [0, 0.1) is 0 Å². The van der Waals surface area contributed by atoms with Crippen molar-refractivity contribution in [3.8, 4) is 0 Å². The second kappa shape index (κ2) is 4.74. The van der Waals surface area contributed by atoms with E-state index >= 15 is 0 Å². The number of hydrogen-bond acceptors (Lipinski definition) is 0. The molecule has 15 heavy (non-hydrogen) atoms. The first-order chi connectivity index (χ1) is 6.73. The molecule has 1 fully saturated rings. The van der Waals surface area contributed by atoms with Gasteiger partial charge in [-0.1, -0.05) is 6.42 Å². The van der Waals surface area contributed by atoms with Gasteiger partial charge in [0.1, 0.15) is 0 Å². The van der Waals surface area contributed by atoms with Crippen molar-refractivity contribution in [2.45, 2.75) is 89.6 Å². The summed E-state index contributed by atoms with van der Waals surface area (Å²) in [6.45, 7) is 14.8. The average molecular weight is 229 g/mol. The van der Waals surface area contributed by atoms with Gasteiger partial charge in [0.15, 0.2) is 0 Å². The molecular weight excluding hydrogens is 199 g/mol. The molecule has 0 unspecified atom stereocenters. The summed E-state index contributed by atoms with van der Waals surface area (Å²) in [5.41, 5.74) is 1.07. The zero-order chi connectivity index (χ0) is 11.7. The molecule has 1 aliphatic rings. The van der Waals surface area contributed by atoms with Gasteiger partial charge in [-0.25, -0.2) is 0 Å². The van der Waals surface area contributed by atoms with E-state index < -0.39 is 0 Å². The smallest absolute Gasteiger partial charge is 0.0530 e. The summed E-state index contributed by atoms with van der Waals surface area (Å²) in [6.07, 6.45) is 7.50. The van der Waals surface area contributed by atoms with Gasteiger partial charge in [0.25, 0.3) is 0 Å². The van der Waals surface area contributed by atoms with Crippen LogP contribution in [0.3, 0.4) is 0 Å². The van der Waals surface area contributed by atoms with Gasteiger partial charge in [-0.05, 0) is 67.2 Å². The molecule has 0 radical (unpaired) electrons. The van der Waals surface area contributed by atoms with E-state index in [1.165, 1.54) is 32.1 Å². The van der Waals surface area contributed by atoms with E-state index in [1.807, 2.05) is 0 Å². The van der Waals surface area contributed by atoms with E-state index in [0.29, 0.717) is 10.3 Å². The molecule has 0 aromatic carbocycles. The van der Waals surface area contributed by atoms with Gasteiger partial charge in [-0.3, -0.25) is 0 Å². The number of rotatable bonds is 1. The van der Waals surface area contributed by atoms with Crippen molar-refractivity contribution in [2.24, 2.45) is 0 Å². The first-order valence-corrected chi connectivity index (χ1v) is 8.18. The lowest BCUT2D eigenvalue weighted by Gasteiger charge is -2.40. The maximum Gasteiger partial charge on any atom is 0.0701 e. The Morgan fingerprint density at radius 3 is 1.47 bits per heavy atom. The van der Waals surface area contributed by atoms with Gasteiger partial charge in [-0.2, -0.15) is 0 Å². The largest absolute Gasteiger partial charge is 0.0701 e. The molecule has 1 saturated carbocycles. The van der Waals surface area contributed by atoms with Gasteiger partial charge < -0.3 is 0 Å². The zero-order valence-corrected chi connectivity index (χ0v) is 12.6. The Bertz CT molecular complexity index is 174. The fourth-order valence-corrected chi connectivity index (χ4v) is 9.43. The Balaban J connectivity index is 2.80. The van der Waals surface area contributed by atoms with Crippen LogP contribution >= 0.6 is 7.92 Å². The summed E-state index contributed by atoms with van der Waals surface area (Å²) in [7, 11) is -0.276. The lowest BCUT2D eigenvalue weighted by atomic mass is 10.0. The highest BCUT2D eigenvalue weighted by atomic mass is 31.1. The Labute approximate surface area is 98.0 Å². The van der Waals surface area contributed by atoms with Crippen LogP contribution in [-0.4, -0.2) is 16.0 Å². The SMILES string of the molecule is CC(C)(C)[PH+](C1CCCCC1)C(C)(C)C. The topological polar surface area (TPSA) is 0 Å². The molecule has 0 spiro atoms. The summed E-state index contributed by atoms with van der Waals surface area (Å²) < 4.78 is 0. The Morgan fingerprint density at radius 2 is 1.13 bits per heavy atom. The monoisotopic (exact) mass is 229 g/mol. The van der Waals surface area contributed by atoms with E-state index in [0.717, 1.165) is 5.66 Å². The molecule has 0 atom stereocenters. The highest BCUT2D eigenvalue weighted by molar-refractivity contribution is 7.61. The normalized spacial score (nSPS) is 21.0. The molecule has 0 heterocycles. The van der Waals surface area contributed by atoms with Gasteiger partial charge in [0.05, 0.1) is 16.0 Å². The Hall–Kier alpha value is 0.430. The van der Waals surface area contributed by atoms with Crippen LogP contribution in [0.25, 0.3) is 0 Å². The van der Waals surface area contributed by atoms with Crippen LogP contribution in [0.15, 0.2) is 0 Å². The predicted molar refractivity (Wildman–Crippen MR) is 74.7 cm³/mol. The fraction of sp³-hybridized carbons (Fsp3) is 1.00. The first kappa shape index (κ1) is 13.5. The minimum Gasteiger partial charge on any atom is -0.0530 e. The van der Waals surface area contributed by atoms with Crippen molar-refractivity contribution in [2.75, 3.05) is 0 Å². The van der Waals surface area contributed by atoms with Crippen molar-refractivity contribution >= 4 is 7.92 Å². The quantitative estimate of drug-likeness (QED) is 0.547. The van der Waals surface area contributed by atoms with Crippen LogP contribution in [0.2, 0.25) is 0 Å². The zero-order valence-electron chi connectivity index (χ0n) is 11.6. The summed E-state index contributed by atoms with van der Waals surface area (Å²) in [4.78, 5) is 0. The summed E-state index contributed by atoms with van der Waals surface area (Å²) in [6, 6.07) is 0. The molecule has 1 heteroatoms. The van der Waals surface area contributed by atoms with E-state index in [2.05, 4.69) is 41.5 Å². The molecule has 1 rings (SSSR count). The van der Waals surface area contributed by atoms with Crippen molar-refractivity contribution < 1.29 is 0 Å². The number of hydrogen-bond donors (Lipinski definition) is 0. The van der Waals surface area contributed by atoms with Crippen molar-refractivity contribution in [1.82, 2.24) is 0 Å². The molecule has 0 aromatic rings. The van der Waals surface area contributed by atoms with Crippen LogP contribution in [0.1, 0.15) is 73.6 Å². The standard InChI is InChI=1S/C14H29P/c1-13(2,3)15(14(4,5)6)12-10-8-7-9-11-12/h12H,7-11H2,1-6H3/p+1. The van der Waals surface area contributed by atoms with Crippen LogP contribution in [0.4, 0.5) is 0 Å². The first-order valence-electron chi connectivity index (χ1n) is 6.61. The second-order valence-electron chi connectivity index (χ2n) is 7.25. The Morgan fingerprint density at radius 1 is 0.733 bits per heavy atom. The third-order valence-corrected chi connectivity index (χ3v) is 8.26. The fourth-order valence-electron chi connectivity index (χ4n) is 3.74. The van der Waals surface area contributed by atoms with Crippen molar-refractivity contribution in [3.63, 3.8) is 0 Å². The van der Waals surface area contributed by atoms with Gasteiger partial charge in [0, 0.05) is 7.92 Å². The van der Waals surface area contributed by atoms with Gasteiger partial charge >= 0.3 is 0 Å². The molecule has 0 nitrogen and oxygen atoms in total. The molecular formula is C14H30P+. The lowest BCUT2D eigenvalue weighted by molar-refractivity contribution is 0.497. The van der Waals surface area contributed by atoms with E-state index in [9.17, 15) is 0 Å². The van der Waals surface area contributed by atoms with Crippen LogP contribution < -0.4 is 0 Å². The molecule has 0 bridgehead atoms. The molecule has 0 N–H and O–H groups in total. The third kappa shape index (κ3) is 3.74. The predicted octanol–water partition coefficient (Wildman–Crippen LogP) is 5.13. The minimum atomic E-state index is -0.276. The highest BCUT2D eigenvalue weighted by Gasteiger charge is 2.47. The van der Waals surface area contributed by atoms with Crippen LogP contribution in [0.5, 0.6) is 0 Å². The molecule has 0 saturated heterocycles. The third-order valence-electron chi connectivity index (χ3n) is 3.63. The molecule has 0 amide bonds. The average Bonchev–Trinajstić information content (AvgIpc) is 2.00. The molecule has 0 aromatic heterocycles. The minimum absolute atomic E-state index is 0.276. The second-order valence-corrected chi connectivity index (χ2v) is 11.9. The summed E-state index contributed by atoms with van der Waals surface area (Å²) in [5, 5.41) is 1.12. The Kier molecular flexibility index (Phi) is 4.27. The van der Waals surface area contributed by atoms with Crippen molar-refractivity contribution in [1.29, 1.82) is 0 Å². The lowest BCUT2D eigenvalue weighted by Crippen LogP contribution is -2.32. The maximum atomic E-state index is 2.47. The summed E-state index contributed by atoms with van der Waals surface area (Å²) in [5.74, 6) is 0. The van der Waals surface area contributed by atoms with E-state index in [4.69, 9.17) is 0 Å². The molecule has 1 aliphatic carbocycles. The summed E-state index contributed by atoms with van der Waals surface area (Å²) >= 11 is 0. The highest BCUT2D eigenvalue weighted by Crippen LogP contribution is 2.65. The van der Waals surface area contributed by atoms with E-state index in [-0.39, 0.29) is 7.92 Å². The maximum absolute atomic E-state index is 2.47. The van der Waals surface area contributed by atoms with Crippen molar-refractivity contribution in [3.05, 3.63) is 0 Å².